The van der Waals surface area contributed by atoms with Crippen molar-refractivity contribution >= 4 is 5.91 Å². The van der Waals surface area contributed by atoms with E-state index in [4.69, 9.17) is 14.2 Å². The van der Waals surface area contributed by atoms with Crippen molar-refractivity contribution in [3.63, 3.8) is 0 Å². The Morgan fingerprint density at radius 2 is 2.15 bits per heavy atom. The van der Waals surface area contributed by atoms with Crippen molar-refractivity contribution in [3.8, 4) is 5.75 Å². The Labute approximate surface area is 154 Å². The van der Waals surface area contributed by atoms with Crippen LogP contribution in [0.1, 0.15) is 43.0 Å². The first-order valence-corrected chi connectivity index (χ1v) is 9.44. The van der Waals surface area contributed by atoms with Crippen molar-refractivity contribution in [1.29, 1.82) is 0 Å². The highest BCUT2D eigenvalue weighted by molar-refractivity contribution is 5.94. The van der Waals surface area contributed by atoms with E-state index in [2.05, 4.69) is 0 Å². The van der Waals surface area contributed by atoms with Crippen LogP contribution in [0, 0.1) is 11.7 Å². The lowest BCUT2D eigenvalue weighted by molar-refractivity contribution is -0.0669. The number of hydrogen-bond donors (Lipinski definition) is 0. The summed E-state index contributed by atoms with van der Waals surface area (Å²) < 4.78 is 30.5. The minimum Gasteiger partial charge on any atom is -0.494 e. The molecule has 2 fully saturated rings. The van der Waals surface area contributed by atoms with Crippen LogP contribution in [0.4, 0.5) is 4.39 Å². The molecule has 144 valence electrons. The summed E-state index contributed by atoms with van der Waals surface area (Å²) in [7, 11) is 1.41. The molecule has 2 heterocycles. The monoisotopic (exact) mass is 365 g/mol. The van der Waals surface area contributed by atoms with E-state index in [1.807, 2.05) is 6.92 Å². The van der Waals surface area contributed by atoms with E-state index in [0.29, 0.717) is 24.6 Å². The molecule has 3 rings (SSSR count). The van der Waals surface area contributed by atoms with Crippen LogP contribution >= 0.6 is 0 Å². The first kappa shape index (κ1) is 19.1. The van der Waals surface area contributed by atoms with Crippen LogP contribution in [-0.2, 0) is 9.47 Å². The maximum absolute atomic E-state index is 13.9. The van der Waals surface area contributed by atoms with E-state index < -0.39 is 5.82 Å². The van der Waals surface area contributed by atoms with Crippen molar-refractivity contribution < 1.29 is 23.4 Å². The van der Waals surface area contributed by atoms with Gasteiger partial charge in [0, 0.05) is 38.5 Å². The van der Waals surface area contributed by atoms with E-state index in [-0.39, 0.29) is 17.3 Å². The molecule has 2 aliphatic rings. The average molecular weight is 365 g/mol. The SMILES string of the molecule is CCOCC[C@@H]1CCOC12CCN(C(=O)c1ccc(OC)c(F)c1)CC2. The third kappa shape index (κ3) is 3.86. The van der Waals surface area contributed by atoms with Gasteiger partial charge in [-0.05, 0) is 56.7 Å². The zero-order valence-corrected chi connectivity index (χ0v) is 15.6. The lowest BCUT2D eigenvalue weighted by Gasteiger charge is -2.42. The summed E-state index contributed by atoms with van der Waals surface area (Å²) in [5.74, 6) is -0.00686. The van der Waals surface area contributed by atoms with Gasteiger partial charge in [0.1, 0.15) is 0 Å². The predicted molar refractivity (Wildman–Crippen MR) is 96.0 cm³/mol. The Morgan fingerprint density at radius 3 is 2.81 bits per heavy atom. The van der Waals surface area contributed by atoms with Gasteiger partial charge in [0.15, 0.2) is 11.6 Å². The van der Waals surface area contributed by atoms with Gasteiger partial charge in [0.25, 0.3) is 5.91 Å². The van der Waals surface area contributed by atoms with Gasteiger partial charge in [-0.1, -0.05) is 0 Å². The third-order valence-electron chi connectivity index (χ3n) is 5.71. The summed E-state index contributed by atoms with van der Waals surface area (Å²) in [4.78, 5) is 14.5. The normalized spacial score (nSPS) is 22.0. The maximum Gasteiger partial charge on any atom is 0.253 e. The molecule has 1 spiro atoms. The van der Waals surface area contributed by atoms with E-state index in [0.717, 1.165) is 45.5 Å². The molecular formula is C20H28FNO4. The number of carbonyl (C=O) groups excluding carboxylic acids is 1. The molecule has 6 heteroatoms. The van der Waals surface area contributed by atoms with E-state index >= 15 is 0 Å². The predicted octanol–water partition coefficient (Wildman–Crippen LogP) is 3.27. The fourth-order valence-electron chi connectivity index (χ4n) is 4.19. The molecule has 2 saturated heterocycles. The minimum atomic E-state index is -0.512. The van der Waals surface area contributed by atoms with Crippen molar-refractivity contribution in [2.24, 2.45) is 5.92 Å². The van der Waals surface area contributed by atoms with Crippen molar-refractivity contribution in [2.45, 2.75) is 38.2 Å². The quantitative estimate of drug-likeness (QED) is 0.726. The molecule has 26 heavy (non-hydrogen) atoms. The smallest absolute Gasteiger partial charge is 0.253 e. The summed E-state index contributed by atoms with van der Waals surface area (Å²) in [6, 6.07) is 4.37. The molecule has 1 aromatic carbocycles. The average Bonchev–Trinajstić information content (AvgIpc) is 3.04. The highest BCUT2D eigenvalue weighted by Crippen LogP contribution is 2.42. The standard InChI is InChI=1S/C20H28FNO4/c1-3-25-12-6-16-7-13-26-20(16)8-10-22(11-9-20)19(23)15-4-5-18(24-2)17(21)14-15/h4-5,14,16H,3,6-13H2,1-2H3/t16-/m1/s1. The number of hydrogen-bond acceptors (Lipinski definition) is 4. The largest absolute Gasteiger partial charge is 0.494 e. The lowest BCUT2D eigenvalue weighted by Crippen LogP contribution is -2.49. The zero-order chi connectivity index (χ0) is 18.6. The highest BCUT2D eigenvalue weighted by atomic mass is 19.1. The summed E-state index contributed by atoms with van der Waals surface area (Å²) in [6.45, 7) is 5.57. The second-order valence-electron chi connectivity index (χ2n) is 7.03. The number of methoxy groups -OCH3 is 1. The minimum absolute atomic E-state index is 0.126. The Balaban J connectivity index is 1.60. The molecule has 0 N–H and O–H groups in total. The van der Waals surface area contributed by atoms with Gasteiger partial charge in [0.05, 0.1) is 12.7 Å². The molecule has 0 unspecified atom stereocenters. The first-order valence-electron chi connectivity index (χ1n) is 9.44. The summed E-state index contributed by atoms with van der Waals surface area (Å²) in [5.41, 5.74) is 0.235. The van der Waals surface area contributed by atoms with Gasteiger partial charge < -0.3 is 19.1 Å². The number of nitrogens with zero attached hydrogens (tertiary/aromatic N) is 1. The summed E-state index contributed by atoms with van der Waals surface area (Å²) in [6.07, 6.45) is 3.72. The number of benzene rings is 1. The fourth-order valence-corrected chi connectivity index (χ4v) is 4.19. The van der Waals surface area contributed by atoms with Crippen molar-refractivity contribution in [3.05, 3.63) is 29.6 Å². The zero-order valence-electron chi connectivity index (χ0n) is 15.6. The van der Waals surface area contributed by atoms with Crippen LogP contribution < -0.4 is 4.74 Å². The van der Waals surface area contributed by atoms with Gasteiger partial charge in [-0.3, -0.25) is 4.79 Å². The Morgan fingerprint density at radius 1 is 1.38 bits per heavy atom. The van der Waals surface area contributed by atoms with Gasteiger partial charge in [-0.2, -0.15) is 0 Å². The number of piperidine rings is 1. The van der Waals surface area contributed by atoms with Gasteiger partial charge in [-0.15, -0.1) is 0 Å². The van der Waals surface area contributed by atoms with Crippen LogP contribution in [0.15, 0.2) is 18.2 Å². The molecule has 0 aliphatic carbocycles. The number of carbonyl (C=O) groups is 1. The first-order chi connectivity index (χ1) is 12.6. The van der Waals surface area contributed by atoms with Crippen molar-refractivity contribution in [2.75, 3.05) is 40.0 Å². The lowest BCUT2D eigenvalue weighted by atomic mass is 9.78. The van der Waals surface area contributed by atoms with Gasteiger partial charge in [0.2, 0.25) is 0 Å². The number of amides is 1. The number of rotatable bonds is 6. The Hall–Kier alpha value is -1.66. The van der Waals surface area contributed by atoms with Crippen molar-refractivity contribution in [1.82, 2.24) is 4.90 Å². The fraction of sp³-hybridized carbons (Fsp3) is 0.650. The molecule has 1 aromatic rings. The van der Waals surface area contributed by atoms with Crippen LogP contribution in [0.3, 0.4) is 0 Å². The van der Waals surface area contributed by atoms with Crippen LogP contribution in [0.2, 0.25) is 0 Å². The molecule has 0 radical (unpaired) electrons. The highest BCUT2D eigenvalue weighted by Gasteiger charge is 2.46. The van der Waals surface area contributed by atoms with Crippen LogP contribution in [0.5, 0.6) is 5.75 Å². The molecule has 0 aromatic heterocycles. The Bertz CT molecular complexity index is 628. The number of ether oxygens (including phenoxy) is 3. The van der Waals surface area contributed by atoms with Gasteiger partial charge in [-0.25, -0.2) is 4.39 Å². The molecular weight excluding hydrogens is 337 g/mol. The second-order valence-corrected chi connectivity index (χ2v) is 7.03. The Kier molecular flexibility index (Phi) is 6.14. The maximum atomic E-state index is 13.9. The molecule has 2 aliphatic heterocycles. The van der Waals surface area contributed by atoms with Gasteiger partial charge >= 0.3 is 0 Å². The van der Waals surface area contributed by atoms with E-state index in [1.165, 1.54) is 19.2 Å². The molecule has 5 nitrogen and oxygen atoms in total. The topological polar surface area (TPSA) is 48.0 Å². The molecule has 1 atom stereocenters. The third-order valence-corrected chi connectivity index (χ3v) is 5.71. The van der Waals surface area contributed by atoms with Crippen LogP contribution in [-0.4, -0.2) is 56.4 Å². The van der Waals surface area contributed by atoms with E-state index in [1.54, 1.807) is 11.0 Å². The molecule has 0 bridgehead atoms. The molecule has 1 amide bonds. The summed E-state index contributed by atoms with van der Waals surface area (Å²) >= 11 is 0. The number of halogens is 1. The number of likely N-dealkylation sites (tertiary alicyclic amines) is 1. The summed E-state index contributed by atoms with van der Waals surface area (Å²) in [5, 5.41) is 0. The van der Waals surface area contributed by atoms with E-state index in [9.17, 15) is 9.18 Å². The van der Waals surface area contributed by atoms with Crippen LogP contribution in [0.25, 0.3) is 0 Å². The second kappa shape index (κ2) is 8.35. The molecule has 0 saturated carbocycles.